The van der Waals surface area contributed by atoms with Gasteiger partial charge in [0.1, 0.15) is 0 Å². The van der Waals surface area contributed by atoms with Gasteiger partial charge in [0.15, 0.2) is 10.9 Å². The summed E-state index contributed by atoms with van der Waals surface area (Å²) in [5.41, 5.74) is 0.176. The van der Waals surface area contributed by atoms with E-state index in [2.05, 4.69) is 10.6 Å². The molecular weight excluding hydrogens is 318 g/mol. The van der Waals surface area contributed by atoms with E-state index in [4.69, 9.17) is 17.0 Å². The molecule has 1 fully saturated rings. The van der Waals surface area contributed by atoms with Crippen molar-refractivity contribution >= 4 is 28.9 Å². The van der Waals surface area contributed by atoms with Crippen LogP contribution < -0.4 is 20.6 Å². The van der Waals surface area contributed by atoms with Gasteiger partial charge in [0.2, 0.25) is 5.69 Å². The lowest BCUT2D eigenvalue weighted by atomic mass is 10.1. The summed E-state index contributed by atoms with van der Waals surface area (Å²) in [5.74, 6) is -0.200. The summed E-state index contributed by atoms with van der Waals surface area (Å²) in [6.45, 7) is 2.11. The zero-order valence-corrected chi connectivity index (χ0v) is 13.7. The van der Waals surface area contributed by atoms with E-state index in [1.54, 1.807) is 6.92 Å². The first-order valence-corrected chi connectivity index (χ1v) is 8.04. The van der Waals surface area contributed by atoms with Gasteiger partial charge >= 0.3 is 0 Å². The molecule has 1 unspecified atom stereocenters. The van der Waals surface area contributed by atoms with Crippen molar-refractivity contribution in [3.05, 3.63) is 29.0 Å². The van der Waals surface area contributed by atoms with E-state index in [0.29, 0.717) is 12.6 Å². The maximum Gasteiger partial charge on any atom is 0.257 e. The van der Waals surface area contributed by atoms with Crippen molar-refractivity contribution in [1.82, 2.24) is 10.6 Å². The molecule has 0 radical (unpaired) electrons. The number of amides is 1. The third-order valence-electron chi connectivity index (χ3n) is 3.69. The fourth-order valence-electron chi connectivity index (χ4n) is 2.59. The van der Waals surface area contributed by atoms with Crippen LogP contribution in [0.5, 0.6) is 5.75 Å². The average molecular weight is 339 g/mol. The van der Waals surface area contributed by atoms with Gasteiger partial charge in [-0.05, 0) is 44.1 Å². The van der Waals surface area contributed by atoms with E-state index in [9.17, 15) is 15.2 Å². The number of quaternary nitrogens is 1. The Morgan fingerprint density at radius 1 is 1.48 bits per heavy atom. The van der Waals surface area contributed by atoms with Crippen molar-refractivity contribution < 1.29 is 20.0 Å². The highest BCUT2D eigenvalue weighted by Gasteiger charge is 2.18. The van der Waals surface area contributed by atoms with Crippen molar-refractivity contribution in [3.8, 4) is 5.75 Å². The fourth-order valence-corrected chi connectivity index (χ4v) is 2.85. The highest BCUT2D eigenvalue weighted by Crippen LogP contribution is 2.22. The van der Waals surface area contributed by atoms with Crippen LogP contribution in [0.4, 0.5) is 5.69 Å². The molecule has 126 valence electrons. The van der Waals surface area contributed by atoms with Gasteiger partial charge in [-0.2, -0.15) is 5.23 Å². The SMILES string of the molecule is CCOc1ccc(C(=O)NC(=S)NC2CCCC2)cc1[NH+]([O-])O. The molecule has 23 heavy (non-hydrogen) atoms. The Bertz CT molecular complexity index is 574. The topological polar surface area (TPSA) is 98.1 Å². The molecule has 1 saturated carbocycles. The number of carbonyl (C=O) groups is 1. The Balaban J connectivity index is 2.03. The molecule has 1 atom stereocenters. The van der Waals surface area contributed by atoms with Crippen molar-refractivity contribution in [3.63, 3.8) is 0 Å². The van der Waals surface area contributed by atoms with Crippen LogP contribution in [-0.2, 0) is 0 Å². The summed E-state index contributed by atoms with van der Waals surface area (Å²) in [4.78, 5) is 12.2. The minimum Gasteiger partial charge on any atom is -0.595 e. The van der Waals surface area contributed by atoms with Crippen LogP contribution >= 0.6 is 12.2 Å². The highest BCUT2D eigenvalue weighted by molar-refractivity contribution is 7.80. The molecule has 2 rings (SSSR count). The van der Waals surface area contributed by atoms with Crippen molar-refractivity contribution in [1.29, 1.82) is 0 Å². The van der Waals surface area contributed by atoms with E-state index in [0.717, 1.165) is 25.7 Å². The van der Waals surface area contributed by atoms with E-state index in [-0.39, 0.29) is 22.1 Å². The smallest absolute Gasteiger partial charge is 0.257 e. The molecule has 1 aromatic rings. The monoisotopic (exact) mass is 339 g/mol. The van der Waals surface area contributed by atoms with Gasteiger partial charge in [-0.15, -0.1) is 0 Å². The standard InChI is InChI=1S/C15H21N3O4S/c1-2-22-13-8-7-10(9-12(13)18(20)21)14(19)17-15(23)16-11-5-3-4-6-11/h7-9,11,18,20H,2-6H2,1H3,(H2,16,17,19,23). The number of hydrogen-bond donors (Lipinski definition) is 4. The molecule has 0 heterocycles. The molecule has 8 heteroatoms. The van der Waals surface area contributed by atoms with E-state index in [1.807, 2.05) is 0 Å². The second-order valence-electron chi connectivity index (χ2n) is 5.36. The first kappa shape index (κ1) is 17.6. The molecule has 4 N–H and O–H groups in total. The van der Waals surface area contributed by atoms with Crippen LogP contribution in [0.2, 0.25) is 0 Å². The molecule has 0 spiro atoms. The number of hydrogen-bond acceptors (Lipinski definition) is 5. The molecule has 1 aliphatic carbocycles. The predicted octanol–water partition coefficient (Wildman–Crippen LogP) is 1.04. The molecular formula is C15H21N3O4S. The summed E-state index contributed by atoms with van der Waals surface area (Å²) in [7, 11) is 0. The Labute approximate surface area is 140 Å². The van der Waals surface area contributed by atoms with Gasteiger partial charge < -0.3 is 15.3 Å². The van der Waals surface area contributed by atoms with Crippen LogP contribution in [0, 0.1) is 5.21 Å². The number of rotatable bonds is 5. The summed E-state index contributed by atoms with van der Waals surface area (Å²) < 4.78 is 5.25. The summed E-state index contributed by atoms with van der Waals surface area (Å²) in [6.07, 6.45) is 4.41. The summed E-state index contributed by atoms with van der Waals surface area (Å²) >= 11 is 5.13. The molecule has 0 bridgehead atoms. The Morgan fingerprint density at radius 2 is 2.17 bits per heavy atom. The van der Waals surface area contributed by atoms with Crippen molar-refractivity contribution in [2.45, 2.75) is 38.6 Å². The number of benzene rings is 1. The van der Waals surface area contributed by atoms with E-state index >= 15 is 0 Å². The van der Waals surface area contributed by atoms with Gasteiger partial charge in [-0.25, -0.2) is 5.21 Å². The lowest BCUT2D eigenvalue weighted by molar-refractivity contribution is -0.991. The number of carbonyl (C=O) groups excluding carboxylic acids is 1. The van der Waals surface area contributed by atoms with Gasteiger partial charge in [0.05, 0.1) is 6.61 Å². The molecule has 1 amide bonds. The van der Waals surface area contributed by atoms with Crippen LogP contribution in [0.15, 0.2) is 18.2 Å². The highest BCUT2D eigenvalue weighted by atomic mass is 32.1. The zero-order valence-electron chi connectivity index (χ0n) is 12.9. The number of nitrogens with one attached hydrogen (secondary N) is 3. The second kappa shape index (κ2) is 8.21. The zero-order chi connectivity index (χ0) is 16.8. The molecule has 0 aromatic heterocycles. The third kappa shape index (κ3) is 4.87. The Kier molecular flexibility index (Phi) is 6.28. The first-order valence-electron chi connectivity index (χ1n) is 7.63. The molecule has 7 nitrogen and oxygen atoms in total. The normalized spacial score (nSPS) is 16.0. The number of thiocarbonyl (C=S) groups is 1. The van der Waals surface area contributed by atoms with Crippen molar-refractivity contribution in [2.75, 3.05) is 6.61 Å². The van der Waals surface area contributed by atoms with E-state index in [1.165, 1.54) is 18.2 Å². The van der Waals surface area contributed by atoms with Crippen LogP contribution in [0.1, 0.15) is 43.0 Å². The second-order valence-corrected chi connectivity index (χ2v) is 5.77. The lowest BCUT2D eigenvalue weighted by Gasteiger charge is -2.17. The Hall–Kier alpha value is -1.74. The molecule has 0 aliphatic heterocycles. The number of ether oxygens (including phenoxy) is 1. The van der Waals surface area contributed by atoms with Crippen molar-refractivity contribution in [2.24, 2.45) is 0 Å². The fraction of sp³-hybridized carbons (Fsp3) is 0.467. The summed E-state index contributed by atoms with van der Waals surface area (Å²) in [5, 5.41) is 25.3. The maximum atomic E-state index is 12.2. The van der Waals surface area contributed by atoms with Gasteiger partial charge in [-0.1, -0.05) is 12.8 Å². The first-order chi connectivity index (χ1) is 11.0. The average Bonchev–Trinajstić information content (AvgIpc) is 3.00. The minimum absolute atomic E-state index is 0.0471. The third-order valence-corrected chi connectivity index (χ3v) is 3.91. The van der Waals surface area contributed by atoms with Crippen LogP contribution in [-0.4, -0.2) is 28.9 Å². The molecule has 1 aromatic carbocycles. The van der Waals surface area contributed by atoms with Gasteiger partial charge in [-0.3, -0.25) is 10.1 Å². The predicted molar refractivity (Wildman–Crippen MR) is 88.8 cm³/mol. The maximum absolute atomic E-state index is 12.2. The minimum atomic E-state index is -1.14. The molecule has 1 aliphatic rings. The quantitative estimate of drug-likeness (QED) is 0.473. The largest absolute Gasteiger partial charge is 0.595 e. The van der Waals surface area contributed by atoms with E-state index < -0.39 is 11.1 Å². The lowest BCUT2D eigenvalue weighted by Crippen LogP contribution is -2.99. The van der Waals surface area contributed by atoms with Crippen LogP contribution in [0.3, 0.4) is 0 Å². The Morgan fingerprint density at radius 3 is 2.78 bits per heavy atom. The van der Waals surface area contributed by atoms with Crippen LogP contribution in [0.25, 0.3) is 0 Å². The summed E-state index contributed by atoms with van der Waals surface area (Å²) in [6, 6.07) is 4.60. The van der Waals surface area contributed by atoms with Gasteiger partial charge in [0.25, 0.3) is 5.91 Å². The van der Waals surface area contributed by atoms with Gasteiger partial charge in [0, 0.05) is 17.7 Å². The molecule has 0 saturated heterocycles.